The lowest BCUT2D eigenvalue weighted by Gasteiger charge is -2.03. The summed E-state index contributed by atoms with van der Waals surface area (Å²) >= 11 is 0. The molecule has 1 aromatic heterocycles. The third-order valence-corrected chi connectivity index (χ3v) is 2.61. The van der Waals surface area contributed by atoms with Crippen LogP contribution in [0, 0.1) is 0 Å². The van der Waals surface area contributed by atoms with Gasteiger partial charge in [0.1, 0.15) is 5.82 Å². The van der Waals surface area contributed by atoms with Crippen LogP contribution < -0.4 is 10.6 Å². The Balaban J connectivity index is 2.49. The van der Waals surface area contributed by atoms with Gasteiger partial charge in [0, 0.05) is 36.4 Å². The van der Waals surface area contributed by atoms with Crippen LogP contribution in [0.4, 0.5) is 5.82 Å². The fourth-order valence-corrected chi connectivity index (χ4v) is 1.38. The zero-order valence-electron chi connectivity index (χ0n) is 9.19. The van der Waals surface area contributed by atoms with Crippen molar-refractivity contribution in [3.63, 3.8) is 0 Å². The van der Waals surface area contributed by atoms with E-state index in [1.807, 2.05) is 0 Å². The highest BCUT2D eigenvalue weighted by Crippen LogP contribution is 1.99. The molecule has 7 heteroatoms. The molecule has 0 aromatic carbocycles. The van der Waals surface area contributed by atoms with E-state index in [-0.39, 0.29) is 11.6 Å². The number of aromatic nitrogens is 2. The Hall–Kier alpha value is -1.50. The van der Waals surface area contributed by atoms with E-state index in [0.29, 0.717) is 18.1 Å². The van der Waals surface area contributed by atoms with Gasteiger partial charge in [-0.3, -0.25) is 9.00 Å². The van der Waals surface area contributed by atoms with Crippen LogP contribution in [-0.2, 0) is 10.8 Å². The minimum absolute atomic E-state index is 0.251. The molecule has 1 aromatic rings. The maximum absolute atomic E-state index is 11.5. The van der Waals surface area contributed by atoms with E-state index < -0.39 is 10.8 Å². The number of carbonyl (C=O) groups excluding carboxylic acids is 1. The summed E-state index contributed by atoms with van der Waals surface area (Å²) in [6, 6.07) is 3.25. The highest BCUT2D eigenvalue weighted by molar-refractivity contribution is 7.84. The van der Waals surface area contributed by atoms with Crippen molar-refractivity contribution in [2.45, 2.75) is 0 Å². The average molecular weight is 242 g/mol. The molecule has 1 amide bonds. The van der Waals surface area contributed by atoms with E-state index in [0.717, 1.165) is 0 Å². The summed E-state index contributed by atoms with van der Waals surface area (Å²) in [7, 11) is 0.818. The molecule has 1 heterocycles. The number of hydrogen-bond donors (Lipinski definition) is 2. The monoisotopic (exact) mass is 242 g/mol. The van der Waals surface area contributed by atoms with Crippen molar-refractivity contribution >= 4 is 22.5 Å². The summed E-state index contributed by atoms with van der Waals surface area (Å²) < 4.78 is 10.8. The van der Waals surface area contributed by atoms with Crippen LogP contribution in [0.2, 0.25) is 0 Å². The Morgan fingerprint density at radius 2 is 2.19 bits per heavy atom. The summed E-state index contributed by atoms with van der Waals surface area (Å²) in [6.07, 6.45) is 1.59. The second-order valence-electron chi connectivity index (χ2n) is 3.09. The molecule has 0 aliphatic rings. The SMILES string of the molecule is CNc1ccc(C(=O)NCCS(C)=O)nn1. The summed E-state index contributed by atoms with van der Waals surface area (Å²) in [5, 5.41) is 12.9. The van der Waals surface area contributed by atoms with Gasteiger partial charge in [-0.2, -0.15) is 0 Å². The Kier molecular flexibility index (Phi) is 4.84. The molecule has 0 saturated heterocycles. The van der Waals surface area contributed by atoms with Gasteiger partial charge in [-0.15, -0.1) is 10.2 Å². The van der Waals surface area contributed by atoms with E-state index in [4.69, 9.17) is 0 Å². The maximum atomic E-state index is 11.5. The minimum Gasteiger partial charge on any atom is -0.372 e. The standard InChI is InChI=1S/C9H14N4O2S/c1-10-8-4-3-7(12-13-8)9(14)11-5-6-16(2)15/h3-4H,5-6H2,1-2H3,(H,10,13)(H,11,14). The molecule has 0 radical (unpaired) electrons. The molecular formula is C9H14N4O2S. The van der Waals surface area contributed by atoms with Crippen molar-refractivity contribution in [3.05, 3.63) is 17.8 Å². The van der Waals surface area contributed by atoms with E-state index in [1.165, 1.54) is 0 Å². The summed E-state index contributed by atoms with van der Waals surface area (Å²) in [6.45, 7) is 0.372. The average Bonchev–Trinajstić information content (AvgIpc) is 2.28. The number of anilines is 1. The molecule has 0 spiro atoms. The minimum atomic E-state index is -0.904. The van der Waals surface area contributed by atoms with E-state index in [1.54, 1.807) is 25.4 Å². The molecule has 16 heavy (non-hydrogen) atoms. The van der Waals surface area contributed by atoms with E-state index in [2.05, 4.69) is 20.8 Å². The van der Waals surface area contributed by atoms with Crippen molar-refractivity contribution < 1.29 is 9.00 Å². The summed E-state index contributed by atoms with van der Waals surface area (Å²) in [4.78, 5) is 11.5. The van der Waals surface area contributed by atoms with Crippen molar-refractivity contribution in [1.29, 1.82) is 0 Å². The predicted octanol–water partition coefficient (Wildman–Crippen LogP) is -0.373. The van der Waals surface area contributed by atoms with Gasteiger partial charge in [0.05, 0.1) is 0 Å². The van der Waals surface area contributed by atoms with Crippen molar-refractivity contribution in [1.82, 2.24) is 15.5 Å². The van der Waals surface area contributed by atoms with Crippen LogP contribution >= 0.6 is 0 Å². The molecular weight excluding hydrogens is 228 g/mol. The first-order valence-corrected chi connectivity index (χ1v) is 6.46. The Morgan fingerprint density at radius 3 is 2.69 bits per heavy atom. The number of amides is 1. The van der Waals surface area contributed by atoms with Crippen LogP contribution in [0.15, 0.2) is 12.1 Å². The first-order valence-electron chi connectivity index (χ1n) is 4.73. The molecule has 1 rings (SSSR count). The quantitative estimate of drug-likeness (QED) is 0.735. The zero-order valence-corrected chi connectivity index (χ0v) is 10.0. The molecule has 88 valence electrons. The molecule has 0 bridgehead atoms. The molecule has 2 N–H and O–H groups in total. The lowest BCUT2D eigenvalue weighted by Crippen LogP contribution is -2.28. The number of rotatable bonds is 5. The predicted molar refractivity (Wildman–Crippen MR) is 62.8 cm³/mol. The fourth-order valence-electron chi connectivity index (χ4n) is 0.986. The maximum Gasteiger partial charge on any atom is 0.271 e. The largest absolute Gasteiger partial charge is 0.372 e. The molecule has 0 fully saturated rings. The Morgan fingerprint density at radius 1 is 1.44 bits per heavy atom. The van der Waals surface area contributed by atoms with Crippen LogP contribution in [0.5, 0.6) is 0 Å². The van der Waals surface area contributed by atoms with Crippen LogP contribution in [0.1, 0.15) is 10.5 Å². The van der Waals surface area contributed by atoms with Gasteiger partial charge in [0.2, 0.25) is 0 Å². The molecule has 0 aliphatic carbocycles. The zero-order chi connectivity index (χ0) is 12.0. The molecule has 6 nitrogen and oxygen atoms in total. The molecule has 1 unspecified atom stereocenters. The van der Waals surface area contributed by atoms with Crippen LogP contribution in [-0.4, -0.2) is 45.9 Å². The van der Waals surface area contributed by atoms with Crippen LogP contribution in [0.25, 0.3) is 0 Å². The van der Waals surface area contributed by atoms with Crippen molar-refractivity contribution in [2.75, 3.05) is 30.9 Å². The number of nitrogens with zero attached hydrogens (tertiary/aromatic N) is 2. The Labute approximate surface area is 96.3 Å². The smallest absolute Gasteiger partial charge is 0.271 e. The van der Waals surface area contributed by atoms with Gasteiger partial charge in [-0.25, -0.2) is 0 Å². The topological polar surface area (TPSA) is 84.0 Å². The lowest BCUT2D eigenvalue weighted by molar-refractivity contribution is 0.0950. The second kappa shape index (κ2) is 6.16. The van der Waals surface area contributed by atoms with Crippen molar-refractivity contribution in [2.24, 2.45) is 0 Å². The van der Waals surface area contributed by atoms with Crippen molar-refractivity contribution in [3.8, 4) is 0 Å². The second-order valence-corrected chi connectivity index (χ2v) is 4.64. The van der Waals surface area contributed by atoms with E-state index >= 15 is 0 Å². The number of hydrogen-bond acceptors (Lipinski definition) is 5. The lowest BCUT2D eigenvalue weighted by atomic mass is 10.3. The fraction of sp³-hybridized carbons (Fsp3) is 0.444. The third-order valence-electron chi connectivity index (χ3n) is 1.83. The van der Waals surface area contributed by atoms with Crippen LogP contribution in [0.3, 0.4) is 0 Å². The summed E-state index contributed by atoms with van der Waals surface area (Å²) in [5.41, 5.74) is 0.251. The molecule has 0 aliphatic heterocycles. The third kappa shape index (κ3) is 3.93. The highest BCUT2D eigenvalue weighted by atomic mass is 32.2. The number of nitrogens with one attached hydrogen (secondary N) is 2. The number of carbonyl (C=O) groups is 1. The van der Waals surface area contributed by atoms with Gasteiger partial charge < -0.3 is 10.6 Å². The highest BCUT2D eigenvalue weighted by Gasteiger charge is 2.07. The molecule has 1 atom stereocenters. The summed E-state index contributed by atoms with van der Waals surface area (Å²) in [5.74, 6) is 0.736. The molecule has 0 saturated carbocycles. The first-order chi connectivity index (χ1) is 7.63. The van der Waals surface area contributed by atoms with Gasteiger partial charge in [0.15, 0.2) is 5.69 Å². The first kappa shape index (κ1) is 12.6. The van der Waals surface area contributed by atoms with Gasteiger partial charge in [0.25, 0.3) is 5.91 Å². The normalized spacial score (nSPS) is 11.9. The Bertz CT molecular complexity index is 380. The van der Waals surface area contributed by atoms with Gasteiger partial charge in [-0.1, -0.05) is 0 Å². The van der Waals surface area contributed by atoms with Gasteiger partial charge >= 0.3 is 0 Å². The van der Waals surface area contributed by atoms with Gasteiger partial charge in [-0.05, 0) is 12.1 Å². The van der Waals surface area contributed by atoms with E-state index in [9.17, 15) is 9.00 Å².